The average Bonchev–Trinajstić information content (AvgIpc) is 3.48. The standard InChI is InChI=1S/C48H53N2/c1-6-29-49-42-27-23-34(2)30-41(42)47(3,4)44(49)21-14-22-45-48(5,32-36-24-25-37-17-10-11-19-39(37)31-36)46-40-20-13-12-18-38(40)26-28-43(46)50(45)33-35-15-8-7-9-16-35/h10-14,17-28,30-31,35H,6-9,15-16,29,32-33H2,1-5H3/q+1. The van der Waals surface area contributed by atoms with Crippen LogP contribution in [0, 0.1) is 12.8 Å². The van der Waals surface area contributed by atoms with E-state index in [-0.39, 0.29) is 10.8 Å². The van der Waals surface area contributed by atoms with Gasteiger partial charge in [-0.2, -0.15) is 4.58 Å². The van der Waals surface area contributed by atoms with Gasteiger partial charge in [0.05, 0.1) is 5.41 Å². The fraction of sp³-hybridized carbons (Fsp3) is 0.354. The molecule has 5 aromatic carbocycles. The molecule has 0 radical (unpaired) electrons. The third kappa shape index (κ3) is 5.62. The van der Waals surface area contributed by atoms with Crippen LogP contribution >= 0.6 is 0 Å². The average molecular weight is 658 g/mol. The second-order valence-electron chi connectivity index (χ2n) is 16.1. The van der Waals surface area contributed by atoms with Crippen molar-refractivity contribution in [2.75, 3.05) is 18.0 Å². The van der Waals surface area contributed by atoms with Crippen LogP contribution in [0.3, 0.4) is 0 Å². The van der Waals surface area contributed by atoms with E-state index >= 15 is 0 Å². The first kappa shape index (κ1) is 32.8. The quantitative estimate of drug-likeness (QED) is 0.151. The van der Waals surface area contributed by atoms with E-state index in [1.165, 1.54) is 98.7 Å². The van der Waals surface area contributed by atoms with Crippen LogP contribution in [0.5, 0.6) is 0 Å². The van der Waals surface area contributed by atoms with Crippen molar-refractivity contribution in [1.29, 1.82) is 0 Å². The zero-order chi connectivity index (χ0) is 34.5. The third-order valence-corrected chi connectivity index (χ3v) is 12.1. The largest absolute Gasteiger partial charge is 0.344 e. The molecule has 1 saturated carbocycles. The van der Waals surface area contributed by atoms with Crippen LogP contribution in [0.1, 0.15) is 88.5 Å². The first-order valence-electron chi connectivity index (χ1n) is 19.2. The number of benzene rings is 5. The van der Waals surface area contributed by atoms with Gasteiger partial charge in [0.1, 0.15) is 6.54 Å². The van der Waals surface area contributed by atoms with Crippen LogP contribution in [0.2, 0.25) is 0 Å². The highest BCUT2D eigenvalue weighted by atomic mass is 15.2. The maximum atomic E-state index is 2.75. The van der Waals surface area contributed by atoms with Crippen molar-refractivity contribution in [3.8, 4) is 0 Å². The van der Waals surface area contributed by atoms with E-state index in [0.29, 0.717) is 0 Å². The van der Waals surface area contributed by atoms with E-state index < -0.39 is 0 Å². The van der Waals surface area contributed by atoms with Crippen molar-refractivity contribution < 1.29 is 4.58 Å². The molecule has 1 fully saturated rings. The fourth-order valence-corrected chi connectivity index (χ4v) is 9.64. The van der Waals surface area contributed by atoms with Crippen LogP contribution in [-0.4, -0.2) is 23.4 Å². The number of fused-ring (bicyclic) bond motifs is 5. The molecule has 254 valence electrons. The molecular formula is C48H53N2+. The van der Waals surface area contributed by atoms with Crippen molar-refractivity contribution in [3.63, 3.8) is 0 Å². The summed E-state index contributed by atoms with van der Waals surface area (Å²) in [7, 11) is 0. The first-order valence-corrected chi connectivity index (χ1v) is 19.2. The SMILES string of the molecule is CCC[N+]1=C(/C=C/C=C2/N(CC3CCCCC3)c3ccc4ccccc4c3C2(C)Cc2ccc3ccccc3c2)C(C)(C)c2cc(C)ccc21. The van der Waals surface area contributed by atoms with E-state index in [1.807, 2.05) is 0 Å². The molecule has 0 bridgehead atoms. The van der Waals surface area contributed by atoms with Gasteiger partial charge in [0.2, 0.25) is 5.69 Å². The monoisotopic (exact) mass is 657 g/mol. The van der Waals surface area contributed by atoms with Crippen LogP contribution in [0.15, 0.2) is 121 Å². The summed E-state index contributed by atoms with van der Waals surface area (Å²) in [6, 6.07) is 36.8. The van der Waals surface area contributed by atoms with Crippen LogP contribution < -0.4 is 4.90 Å². The molecule has 1 atom stereocenters. The molecule has 2 heterocycles. The molecule has 2 aliphatic heterocycles. The maximum absolute atomic E-state index is 2.75. The Morgan fingerprint density at radius 1 is 0.800 bits per heavy atom. The summed E-state index contributed by atoms with van der Waals surface area (Å²) in [5.74, 6) is 0.722. The molecule has 1 unspecified atom stereocenters. The summed E-state index contributed by atoms with van der Waals surface area (Å²) in [5.41, 5.74) is 11.0. The van der Waals surface area contributed by atoms with Gasteiger partial charge in [-0.3, -0.25) is 0 Å². The lowest BCUT2D eigenvalue weighted by atomic mass is 9.74. The highest BCUT2D eigenvalue weighted by Crippen LogP contribution is 2.53. The fourth-order valence-electron chi connectivity index (χ4n) is 9.64. The minimum atomic E-state index is -0.198. The number of hydrogen-bond acceptors (Lipinski definition) is 1. The van der Waals surface area contributed by atoms with Gasteiger partial charge in [0, 0.05) is 47.5 Å². The van der Waals surface area contributed by atoms with Gasteiger partial charge in [0.15, 0.2) is 5.71 Å². The van der Waals surface area contributed by atoms with Crippen LogP contribution in [0.25, 0.3) is 21.5 Å². The van der Waals surface area contributed by atoms with E-state index in [4.69, 9.17) is 0 Å². The Bertz CT molecular complexity index is 2170. The van der Waals surface area contributed by atoms with E-state index in [9.17, 15) is 0 Å². The van der Waals surface area contributed by atoms with Crippen molar-refractivity contribution in [1.82, 2.24) is 0 Å². The van der Waals surface area contributed by atoms with Crippen LogP contribution in [0.4, 0.5) is 11.4 Å². The molecule has 2 heteroatoms. The second kappa shape index (κ2) is 13.0. The van der Waals surface area contributed by atoms with Crippen molar-refractivity contribution in [3.05, 3.63) is 143 Å². The van der Waals surface area contributed by atoms with E-state index in [1.54, 1.807) is 0 Å². The normalized spacial score (nSPS) is 21.2. The Kier molecular flexibility index (Phi) is 8.54. The molecule has 1 aliphatic carbocycles. The van der Waals surface area contributed by atoms with Gasteiger partial charge in [-0.05, 0) is 104 Å². The number of allylic oxidation sites excluding steroid dienone is 4. The first-order chi connectivity index (χ1) is 24.3. The molecule has 0 spiro atoms. The zero-order valence-electron chi connectivity index (χ0n) is 30.8. The summed E-state index contributed by atoms with van der Waals surface area (Å²) in [6.45, 7) is 14.0. The summed E-state index contributed by atoms with van der Waals surface area (Å²) < 4.78 is 2.58. The smallest absolute Gasteiger partial charge is 0.209 e. The summed E-state index contributed by atoms with van der Waals surface area (Å²) in [4.78, 5) is 2.75. The molecule has 0 saturated heterocycles. The minimum absolute atomic E-state index is 0.0590. The molecule has 0 amide bonds. The Labute approximate surface area is 299 Å². The van der Waals surface area contributed by atoms with Gasteiger partial charge in [-0.15, -0.1) is 0 Å². The Morgan fingerprint density at radius 2 is 1.54 bits per heavy atom. The second-order valence-corrected chi connectivity index (χ2v) is 16.1. The molecule has 2 nitrogen and oxygen atoms in total. The van der Waals surface area contributed by atoms with Crippen molar-refractivity contribution in [2.45, 2.75) is 90.4 Å². The third-order valence-electron chi connectivity index (χ3n) is 12.1. The van der Waals surface area contributed by atoms with Gasteiger partial charge in [-0.25, -0.2) is 0 Å². The molecule has 5 aromatic rings. The lowest BCUT2D eigenvalue weighted by molar-refractivity contribution is -0.437. The Morgan fingerprint density at radius 3 is 2.34 bits per heavy atom. The number of hydrogen-bond donors (Lipinski definition) is 0. The molecule has 8 rings (SSSR count). The molecule has 50 heavy (non-hydrogen) atoms. The lowest BCUT2D eigenvalue weighted by Gasteiger charge is -2.34. The van der Waals surface area contributed by atoms with Gasteiger partial charge >= 0.3 is 0 Å². The zero-order valence-corrected chi connectivity index (χ0v) is 30.8. The van der Waals surface area contributed by atoms with Crippen LogP contribution in [-0.2, 0) is 17.3 Å². The van der Waals surface area contributed by atoms with Gasteiger partial charge < -0.3 is 4.90 Å². The summed E-state index contributed by atoms with van der Waals surface area (Å²) >= 11 is 0. The molecule has 3 aliphatic rings. The van der Waals surface area contributed by atoms with Crippen molar-refractivity contribution in [2.24, 2.45) is 5.92 Å². The minimum Gasteiger partial charge on any atom is -0.344 e. The Hall–Kier alpha value is -4.43. The van der Waals surface area contributed by atoms with E-state index in [2.05, 4.69) is 159 Å². The van der Waals surface area contributed by atoms with Gasteiger partial charge in [0.25, 0.3) is 0 Å². The Balaban J connectivity index is 1.29. The summed E-state index contributed by atoms with van der Waals surface area (Å²) in [5, 5.41) is 5.35. The summed E-state index contributed by atoms with van der Waals surface area (Å²) in [6.07, 6.45) is 16.2. The number of nitrogens with zero attached hydrogens (tertiary/aromatic N) is 2. The predicted octanol–water partition coefficient (Wildman–Crippen LogP) is 12.1. The number of anilines is 1. The lowest BCUT2D eigenvalue weighted by Crippen LogP contribution is -2.34. The molecule has 0 N–H and O–H groups in total. The maximum Gasteiger partial charge on any atom is 0.209 e. The molecule has 0 aromatic heterocycles. The highest BCUT2D eigenvalue weighted by molar-refractivity contribution is 6.03. The number of aryl methyl sites for hydroxylation is 1. The van der Waals surface area contributed by atoms with Crippen molar-refractivity contribution >= 4 is 38.6 Å². The topological polar surface area (TPSA) is 6.25 Å². The van der Waals surface area contributed by atoms with Gasteiger partial charge in [-0.1, -0.05) is 117 Å². The predicted molar refractivity (Wildman–Crippen MR) is 214 cm³/mol. The highest BCUT2D eigenvalue weighted by Gasteiger charge is 2.46. The molecular weight excluding hydrogens is 605 g/mol. The van der Waals surface area contributed by atoms with E-state index in [0.717, 1.165) is 31.8 Å². The number of rotatable bonds is 8.